The smallest absolute Gasteiger partial charge is 0.178 e. The SMILES string of the molecule is Cc1ccc(N[C@@H]2[C@@H](OCc3ccccc3)[C@H](OCc3ccccc3)[C@@H](COCc3ccccc3)O[C@H]2O)cc1. The zero-order valence-electron chi connectivity index (χ0n) is 22.8. The molecule has 4 aromatic carbocycles. The Morgan fingerprint density at radius 2 is 1.15 bits per heavy atom. The molecule has 0 amide bonds. The van der Waals surface area contributed by atoms with E-state index in [1.54, 1.807) is 0 Å². The summed E-state index contributed by atoms with van der Waals surface area (Å²) in [5, 5.41) is 14.7. The number of benzene rings is 4. The van der Waals surface area contributed by atoms with Crippen molar-refractivity contribution in [3.05, 3.63) is 138 Å². The van der Waals surface area contributed by atoms with Gasteiger partial charge in [0.15, 0.2) is 6.29 Å². The molecule has 5 atom stereocenters. The minimum Gasteiger partial charge on any atom is -0.375 e. The molecule has 1 aliphatic rings. The van der Waals surface area contributed by atoms with Gasteiger partial charge in [-0.1, -0.05) is 109 Å². The first kappa shape index (κ1) is 28.0. The third-order valence-electron chi connectivity index (χ3n) is 7.01. The molecule has 0 aromatic heterocycles. The Balaban J connectivity index is 1.39. The van der Waals surface area contributed by atoms with E-state index >= 15 is 0 Å². The first-order valence-corrected chi connectivity index (χ1v) is 13.8. The summed E-state index contributed by atoms with van der Waals surface area (Å²) in [6, 6.07) is 37.5. The van der Waals surface area contributed by atoms with E-state index in [0.717, 1.165) is 27.9 Å². The average molecular weight is 540 g/mol. The third-order valence-corrected chi connectivity index (χ3v) is 7.01. The summed E-state index contributed by atoms with van der Waals surface area (Å²) in [5.41, 5.74) is 5.17. The molecule has 5 rings (SSSR count). The Hall–Kier alpha value is -3.52. The molecule has 1 heterocycles. The molecule has 6 heteroatoms. The molecule has 0 aliphatic carbocycles. The molecule has 1 fully saturated rings. The molecule has 40 heavy (non-hydrogen) atoms. The van der Waals surface area contributed by atoms with Crippen LogP contribution < -0.4 is 5.32 Å². The molecule has 0 spiro atoms. The number of hydrogen-bond donors (Lipinski definition) is 2. The van der Waals surface area contributed by atoms with Crippen LogP contribution in [0.15, 0.2) is 115 Å². The van der Waals surface area contributed by atoms with Crippen molar-refractivity contribution in [1.82, 2.24) is 0 Å². The van der Waals surface area contributed by atoms with Gasteiger partial charge in [-0.05, 0) is 35.7 Å². The minimum atomic E-state index is -1.14. The highest BCUT2D eigenvalue weighted by Crippen LogP contribution is 2.30. The number of rotatable bonds is 12. The van der Waals surface area contributed by atoms with E-state index in [-0.39, 0.29) is 6.61 Å². The molecule has 1 saturated heterocycles. The standard InChI is InChI=1S/C34H37NO5/c1-25-17-19-29(20-18-25)35-31-33(39-23-28-15-9-4-10-16-28)32(38-22-27-13-7-3-8-14-27)30(40-34(31)36)24-37-21-26-11-5-2-6-12-26/h2-20,30-36H,21-24H2,1H3/t30-,31-,32-,33-,34-/m1/s1. The summed E-state index contributed by atoms with van der Waals surface area (Å²) in [5.74, 6) is 0. The van der Waals surface area contributed by atoms with Crippen LogP contribution in [0.4, 0.5) is 5.69 Å². The average Bonchev–Trinajstić information content (AvgIpc) is 2.99. The van der Waals surface area contributed by atoms with Gasteiger partial charge < -0.3 is 29.4 Å². The Labute approximate surface area is 236 Å². The molecule has 0 saturated carbocycles. The molecule has 208 valence electrons. The van der Waals surface area contributed by atoms with Crippen molar-refractivity contribution in [3.8, 4) is 0 Å². The molecule has 0 bridgehead atoms. The highest BCUT2D eigenvalue weighted by molar-refractivity contribution is 5.46. The molecule has 1 aliphatic heterocycles. The van der Waals surface area contributed by atoms with Crippen LogP contribution in [0.1, 0.15) is 22.3 Å². The second-order valence-electron chi connectivity index (χ2n) is 10.1. The van der Waals surface area contributed by atoms with Crippen molar-refractivity contribution < 1.29 is 24.1 Å². The van der Waals surface area contributed by atoms with Crippen molar-refractivity contribution in [1.29, 1.82) is 0 Å². The Morgan fingerprint density at radius 3 is 1.70 bits per heavy atom. The first-order valence-electron chi connectivity index (χ1n) is 13.8. The second kappa shape index (κ2) is 14.2. The molecule has 2 N–H and O–H groups in total. The number of nitrogens with one attached hydrogen (secondary N) is 1. The minimum absolute atomic E-state index is 0.244. The summed E-state index contributed by atoms with van der Waals surface area (Å²) < 4.78 is 25.4. The van der Waals surface area contributed by atoms with Crippen LogP contribution in [-0.2, 0) is 38.8 Å². The topological polar surface area (TPSA) is 69.2 Å². The monoisotopic (exact) mass is 539 g/mol. The van der Waals surface area contributed by atoms with Crippen LogP contribution in [0, 0.1) is 6.92 Å². The summed E-state index contributed by atoms with van der Waals surface area (Å²) in [6.07, 6.45) is -2.71. The van der Waals surface area contributed by atoms with Gasteiger partial charge in [0.05, 0.1) is 26.4 Å². The molecule has 4 aromatic rings. The molecular weight excluding hydrogens is 502 g/mol. The molecular formula is C34H37NO5. The van der Waals surface area contributed by atoms with Gasteiger partial charge >= 0.3 is 0 Å². The lowest BCUT2D eigenvalue weighted by atomic mass is 9.95. The van der Waals surface area contributed by atoms with Crippen molar-refractivity contribution in [3.63, 3.8) is 0 Å². The fourth-order valence-corrected chi connectivity index (χ4v) is 4.85. The number of hydrogen-bond acceptors (Lipinski definition) is 6. The van der Waals surface area contributed by atoms with Gasteiger partial charge in [0.1, 0.15) is 24.4 Å². The van der Waals surface area contributed by atoms with Crippen LogP contribution in [0.5, 0.6) is 0 Å². The highest BCUT2D eigenvalue weighted by atomic mass is 16.7. The summed E-state index contributed by atoms with van der Waals surface area (Å²) in [6.45, 7) is 3.47. The summed E-state index contributed by atoms with van der Waals surface area (Å²) in [4.78, 5) is 0. The van der Waals surface area contributed by atoms with Crippen molar-refractivity contribution in [2.24, 2.45) is 0 Å². The lowest BCUT2D eigenvalue weighted by Crippen LogP contribution is -2.62. The molecule has 6 nitrogen and oxygen atoms in total. The van der Waals surface area contributed by atoms with Crippen LogP contribution in [0.2, 0.25) is 0 Å². The maximum absolute atomic E-state index is 11.3. The van der Waals surface area contributed by atoms with Gasteiger partial charge in [0.25, 0.3) is 0 Å². The normalized spacial score (nSPS) is 22.6. The lowest BCUT2D eigenvalue weighted by molar-refractivity contribution is -0.270. The van der Waals surface area contributed by atoms with Gasteiger partial charge in [-0.25, -0.2) is 0 Å². The van der Waals surface area contributed by atoms with Crippen molar-refractivity contribution in [2.75, 3.05) is 11.9 Å². The van der Waals surface area contributed by atoms with Crippen molar-refractivity contribution >= 4 is 5.69 Å². The van der Waals surface area contributed by atoms with Crippen LogP contribution in [-0.4, -0.2) is 42.4 Å². The number of aryl methyl sites for hydroxylation is 1. The zero-order valence-corrected chi connectivity index (χ0v) is 22.8. The van der Waals surface area contributed by atoms with E-state index in [0.29, 0.717) is 19.8 Å². The van der Waals surface area contributed by atoms with E-state index in [4.69, 9.17) is 18.9 Å². The predicted octanol–water partition coefficient (Wildman–Crippen LogP) is 5.88. The van der Waals surface area contributed by atoms with Crippen LogP contribution in [0.3, 0.4) is 0 Å². The first-order chi connectivity index (χ1) is 19.7. The fourth-order valence-electron chi connectivity index (χ4n) is 4.85. The Kier molecular flexibility index (Phi) is 9.96. The highest BCUT2D eigenvalue weighted by Gasteiger charge is 2.47. The number of aliphatic hydroxyl groups is 1. The van der Waals surface area contributed by atoms with E-state index in [2.05, 4.69) is 5.32 Å². The molecule has 0 radical (unpaired) electrons. The maximum Gasteiger partial charge on any atom is 0.178 e. The Bertz CT molecular complexity index is 1270. The van der Waals surface area contributed by atoms with Gasteiger partial charge in [0, 0.05) is 5.69 Å². The van der Waals surface area contributed by atoms with Crippen LogP contribution >= 0.6 is 0 Å². The van der Waals surface area contributed by atoms with Gasteiger partial charge in [-0.15, -0.1) is 0 Å². The number of aliphatic hydroxyl groups excluding tert-OH is 1. The largest absolute Gasteiger partial charge is 0.375 e. The molecule has 0 unspecified atom stereocenters. The summed E-state index contributed by atoms with van der Waals surface area (Å²) in [7, 11) is 0. The van der Waals surface area contributed by atoms with E-state index < -0.39 is 30.6 Å². The fraction of sp³-hybridized carbons (Fsp3) is 0.294. The number of anilines is 1. The van der Waals surface area contributed by atoms with Gasteiger partial charge in [0.2, 0.25) is 0 Å². The van der Waals surface area contributed by atoms with E-state index in [1.807, 2.05) is 122 Å². The predicted molar refractivity (Wildman–Crippen MR) is 156 cm³/mol. The van der Waals surface area contributed by atoms with Crippen LogP contribution in [0.25, 0.3) is 0 Å². The summed E-state index contributed by atoms with van der Waals surface area (Å²) >= 11 is 0. The second-order valence-corrected chi connectivity index (χ2v) is 10.1. The maximum atomic E-state index is 11.3. The quantitative estimate of drug-likeness (QED) is 0.234. The van der Waals surface area contributed by atoms with E-state index in [1.165, 1.54) is 0 Å². The third kappa shape index (κ3) is 7.78. The lowest BCUT2D eigenvalue weighted by Gasteiger charge is -2.45. The van der Waals surface area contributed by atoms with E-state index in [9.17, 15) is 5.11 Å². The number of ether oxygens (including phenoxy) is 4. The zero-order chi connectivity index (χ0) is 27.6. The van der Waals surface area contributed by atoms with Gasteiger partial charge in [-0.2, -0.15) is 0 Å². The van der Waals surface area contributed by atoms with Crippen molar-refractivity contribution in [2.45, 2.75) is 57.4 Å². The Morgan fingerprint density at radius 1 is 0.650 bits per heavy atom. The van der Waals surface area contributed by atoms with Gasteiger partial charge in [-0.3, -0.25) is 0 Å².